The number of alkyl halides is 1. The van der Waals surface area contributed by atoms with Crippen LogP contribution in [0.3, 0.4) is 0 Å². The zero-order chi connectivity index (χ0) is 9.97. The van der Waals surface area contributed by atoms with Gasteiger partial charge in [0.1, 0.15) is 5.75 Å². The molecule has 0 amide bonds. The molecule has 0 N–H and O–H groups in total. The zero-order valence-electron chi connectivity index (χ0n) is 7.80. The Morgan fingerprint density at radius 3 is 2.79 bits per heavy atom. The van der Waals surface area contributed by atoms with Gasteiger partial charge in [0.25, 0.3) is 0 Å². The number of halogens is 2. The summed E-state index contributed by atoms with van der Waals surface area (Å²) < 4.78 is 5.66. The van der Waals surface area contributed by atoms with E-state index in [0.717, 1.165) is 23.8 Å². The Kier molecular flexibility index (Phi) is 3.19. The summed E-state index contributed by atoms with van der Waals surface area (Å²) in [7, 11) is 0. The fraction of sp³-hybridized carbons (Fsp3) is 0.455. The molecular formula is C11H12Cl2O. The Morgan fingerprint density at radius 2 is 2.14 bits per heavy atom. The highest BCUT2D eigenvalue weighted by Crippen LogP contribution is 2.31. The van der Waals surface area contributed by atoms with E-state index in [1.807, 2.05) is 18.2 Å². The SMILES string of the molecule is ClCc1cc(Cl)ccc1OCC1CC1. The molecule has 14 heavy (non-hydrogen) atoms. The second-order valence-corrected chi connectivity index (χ2v) is 4.34. The van der Waals surface area contributed by atoms with Crippen molar-refractivity contribution in [3.05, 3.63) is 28.8 Å². The van der Waals surface area contributed by atoms with Crippen LogP contribution in [-0.4, -0.2) is 6.61 Å². The molecule has 1 aliphatic rings. The van der Waals surface area contributed by atoms with Crippen LogP contribution in [0.1, 0.15) is 18.4 Å². The Morgan fingerprint density at radius 1 is 1.36 bits per heavy atom. The lowest BCUT2D eigenvalue weighted by Gasteiger charge is -2.09. The van der Waals surface area contributed by atoms with Gasteiger partial charge in [0.15, 0.2) is 0 Å². The number of rotatable bonds is 4. The normalized spacial score (nSPS) is 15.6. The van der Waals surface area contributed by atoms with Gasteiger partial charge in [-0.2, -0.15) is 0 Å². The molecule has 0 heterocycles. The second kappa shape index (κ2) is 4.41. The third kappa shape index (κ3) is 2.55. The summed E-state index contributed by atoms with van der Waals surface area (Å²) in [6, 6.07) is 5.58. The van der Waals surface area contributed by atoms with Gasteiger partial charge in [-0.15, -0.1) is 11.6 Å². The number of hydrogen-bond donors (Lipinski definition) is 0. The van der Waals surface area contributed by atoms with E-state index in [4.69, 9.17) is 27.9 Å². The summed E-state index contributed by atoms with van der Waals surface area (Å²) in [5, 5.41) is 0.708. The van der Waals surface area contributed by atoms with Crippen LogP contribution in [0.4, 0.5) is 0 Å². The van der Waals surface area contributed by atoms with Crippen LogP contribution in [0, 0.1) is 5.92 Å². The topological polar surface area (TPSA) is 9.23 Å². The van der Waals surface area contributed by atoms with Crippen molar-refractivity contribution in [2.24, 2.45) is 5.92 Å². The molecule has 1 nitrogen and oxygen atoms in total. The van der Waals surface area contributed by atoms with Crippen molar-refractivity contribution < 1.29 is 4.74 Å². The Bertz CT molecular complexity index is 321. The third-order valence-electron chi connectivity index (χ3n) is 2.34. The minimum Gasteiger partial charge on any atom is -0.493 e. The third-order valence-corrected chi connectivity index (χ3v) is 2.86. The average Bonchev–Trinajstić information content (AvgIpc) is 2.99. The predicted octanol–water partition coefficient (Wildman–Crippen LogP) is 3.87. The van der Waals surface area contributed by atoms with E-state index >= 15 is 0 Å². The van der Waals surface area contributed by atoms with Crippen LogP contribution in [0.5, 0.6) is 5.75 Å². The molecule has 0 bridgehead atoms. The smallest absolute Gasteiger partial charge is 0.123 e. The first-order chi connectivity index (χ1) is 6.79. The quantitative estimate of drug-likeness (QED) is 0.714. The lowest BCUT2D eigenvalue weighted by Crippen LogP contribution is -2.00. The second-order valence-electron chi connectivity index (χ2n) is 3.64. The van der Waals surface area contributed by atoms with Gasteiger partial charge in [-0.3, -0.25) is 0 Å². The molecule has 1 aromatic carbocycles. The van der Waals surface area contributed by atoms with Crippen molar-refractivity contribution in [3.8, 4) is 5.75 Å². The van der Waals surface area contributed by atoms with E-state index in [0.29, 0.717) is 10.9 Å². The monoisotopic (exact) mass is 230 g/mol. The lowest BCUT2D eigenvalue weighted by molar-refractivity contribution is 0.297. The standard InChI is InChI=1S/C11H12Cl2O/c12-6-9-5-10(13)3-4-11(9)14-7-8-1-2-8/h3-5,8H,1-2,6-7H2. The molecule has 1 saturated carbocycles. The van der Waals surface area contributed by atoms with Crippen LogP contribution in [0.15, 0.2) is 18.2 Å². The molecule has 2 rings (SSSR count). The van der Waals surface area contributed by atoms with Gasteiger partial charge in [-0.05, 0) is 37.0 Å². The Labute approximate surface area is 94.0 Å². The van der Waals surface area contributed by atoms with Gasteiger partial charge in [0, 0.05) is 10.6 Å². The largest absolute Gasteiger partial charge is 0.493 e. The Balaban J connectivity index is 2.05. The van der Waals surface area contributed by atoms with Crippen LogP contribution < -0.4 is 4.74 Å². The van der Waals surface area contributed by atoms with Crippen molar-refractivity contribution in [1.29, 1.82) is 0 Å². The van der Waals surface area contributed by atoms with Gasteiger partial charge < -0.3 is 4.74 Å². The van der Waals surface area contributed by atoms with Crippen LogP contribution in [-0.2, 0) is 5.88 Å². The fourth-order valence-corrected chi connectivity index (χ4v) is 1.69. The maximum absolute atomic E-state index is 5.86. The maximum atomic E-state index is 5.86. The molecule has 0 atom stereocenters. The van der Waals surface area contributed by atoms with Gasteiger partial charge in [-0.25, -0.2) is 0 Å². The summed E-state index contributed by atoms with van der Waals surface area (Å²) in [6.45, 7) is 0.811. The lowest BCUT2D eigenvalue weighted by atomic mass is 10.2. The molecule has 0 radical (unpaired) electrons. The van der Waals surface area contributed by atoms with E-state index in [-0.39, 0.29) is 0 Å². The first kappa shape index (κ1) is 10.1. The summed E-state index contributed by atoms with van der Waals surface area (Å²) >= 11 is 11.7. The van der Waals surface area contributed by atoms with Gasteiger partial charge in [-0.1, -0.05) is 11.6 Å². The molecule has 1 aromatic rings. The highest BCUT2D eigenvalue weighted by atomic mass is 35.5. The van der Waals surface area contributed by atoms with E-state index < -0.39 is 0 Å². The van der Waals surface area contributed by atoms with Crippen molar-refractivity contribution in [2.45, 2.75) is 18.7 Å². The van der Waals surface area contributed by atoms with E-state index in [1.54, 1.807) is 0 Å². The highest BCUT2D eigenvalue weighted by Gasteiger charge is 2.22. The minimum absolute atomic E-state index is 0.445. The summed E-state index contributed by atoms with van der Waals surface area (Å²) in [4.78, 5) is 0. The predicted molar refractivity (Wildman–Crippen MR) is 59.2 cm³/mol. The molecule has 1 fully saturated rings. The fourth-order valence-electron chi connectivity index (χ4n) is 1.29. The number of ether oxygens (including phenoxy) is 1. The van der Waals surface area contributed by atoms with Crippen molar-refractivity contribution in [2.75, 3.05) is 6.61 Å². The molecule has 0 aromatic heterocycles. The summed E-state index contributed by atoms with van der Waals surface area (Å²) in [5.74, 6) is 2.07. The molecule has 0 spiro atoms. The van der Waals surface area contributed by atoms with Gasteiger partial charge >= 0.3 is 0 Å². The molecule has 3 heteroatoms. The molecule has 0 aliphatic heterocycles. The van der Waals surface area contributed by atoms with Crippen LogP contribution >= 0.6 is 23.2 Å². The first-order valence-corrected chi connectivity index (χ1v) is 5.68. The number of benzene rings is 1. The van der Waals surface area contributed by atoms with Crippen LogP contribution in [0.25, 0.3) is 0 Å². The maximum Gasteiger partial charge on any atom is 0.123 e. The van der Waals surface area contributed by atoms with Gasteiger partial charge in [0.2, 0.25) is 0 Å². The molecule has 76 valence electrons. The summed E-state index contributed by atoms with van der Waals surface area (Å²) in [5.41, 5.74) is 0.972. The molecule has 0 unspecified atom stereocenters. The zero-order valence-corrected chi connectivity index (χ0v) is 9.31. The molecular weight excluding hydrogens is 219 g/mol. The van der Waals surface area contributed by atoms with Gasteiger partial charge in [0.05, 0.1) is 12.5 Å². The minimum atomic E-state index is 0.445. The van der Waals surface area contributed by atoms with Crippen molar-refractivity contribution >= 4 is 23.2 Å². The van der Waals surface area contributed by atoms with E-state index in [9.17, 15) is 0 Å². The van der Waals surface area contributed by atoms with Crippen molar-refractivity contribution in [1.82, 2.24) is 0 Å². The average molecular weight is 231 g/mol. The van der Waals surface area contributed by atoms with Crippen LogP contribution in [0.2, 0.25) is 5.02 Å². The summed E-state index contributed by atoms with van der Waals surface area (Å²) in [6.07, 6.45) is 2.59. The number of hydrogen-bond acceptors (Lipinski definition) is 1. The van der Waals surface area contributed by atoms with E-state index in [1.165, 1.54) is 12.8 Å². The molecule has 1 aliphatic carbocycles. The Hall–Kier alpha value is -0.400. The van der Waals surface area contributed by atoms with Crippen molar-refractivity contribution in [3.63, 3.8) is 0 Å². The molecule has 0 saturated heterocycles. The highest BCUT2D eigenvalue weighted by molar-refractivity contribution is 6.30. The first-order valence-electron chi connectivity index (χ1n) is 4.77. The van der Waals surface area contributed by atoms with E-state index in [2.05, 4.69) is 0 Å².